The van der Waals surface area contributed by atoms with Gasteiger partial charge in [-0.05, 0) is 13.0 Å². The summed E-state index contributed by atoms with van der Waals surface area (Å²) in [6, 6.07) is 0. The summed E-state index contributed by atoms with van der Waals surface area (Å²) in [5.41, 5.74) is 0.140. The number of rotatable bonds is 6. The number of hydrogen-bond donors (Lipinski definition) is 0. The molecule has 0 unspecified atom stereocenters. The van der Waals surface area contributed by atoms with Crippen molar-refractivity contribution in [2.45, 2.75) is 39.0 Å². The van der Waals surface area contributed by atoms with Crippen LogP contribution in [-0.2, 0) is 0 Å². The van der Waals surface area contributed by atoms with Crippen molar-refractivity contribution in [2.75, 3.05) is 0 Å². The number of nitro groups is 1. The molecule has 0 aromatic heterocycles. The van der Waals surface area contributed by atoms with Crippen molar-refractivity contribution in [1.82, 2.24) is 0 Å². The molecule has 0 saturated heterocycles. The summed E-state index contributed by atoms with van der Waals surface area (Å²) in [6.07, 6.45) is 4.82. The van der Waals surface area contributed by atoms with E-state index in [-0.39, 0.29) is 5.70 Å². The van der Waals surface area contributed by atoms with Crippen LogP contribution in [0.5, 0.6) is 0 Å². The summed E-state index contributed by atoms with van der Waals surface area (Å²) in [4.78, 5) is 9.67. The van der Waals surface area contributed by atoms with Crippen LogP contribution in [0.2, 0.25) is 0 Å². The molecular formula is C8H15NO2. The highest BCUT2D eigenvalue weighted by Crippen LogP contribution is 2.08. The Balaban J connectivity index is 3.25. The largest absolute Gasteiger partial charge is 0.259 e. The first-order valence-electron chi connectivity index (χ1n) is 4.00. The van der Waals surface area contributed by atoms with Crippen molar-refractivity contribution in [3.63, 3.8) is 0 Å². The Morgan fingerprint density at radius 2 is 2.09 bits per heavy atom. The van der Waals surface area contributed by atoms with Gasteiger partial charge in [-0.15, -0.1) is 0 Å². The second kappa shape index (κ2) is 5.89. The quantitative estimate of drug-likeness (QED) is 0.338. The van der Waals surface area contributed by atoms with Gasteiger partial charge in [0.2, 0.25) is 5.70 Å². The van der Waals surface area contributed by atoms with E-state index in [1.165, 1.54) is 0 Å². The molecule has 0 rings (SSSR count). The van der Waals surface area contributed by atoms with E-state index < -0.39 is 4.92 Å². The average Bonchev–Trinajstić information content (AvgIpc) is 1.97. The predicted octanol–water partition coefficient (Wildman–Crippen LogP) is 2.75. The van der Waals surface area contributed by atoms with Crippen LogP contribution >= 0.6 is 0 Å². The Labute approximate surface area is 67.3 Å². The maximum Gasteiger partial charge on any atom is 0.239 e. The molecule has 0 N–H and O–H groups in total. The van der Waals surface area contributed by atoms with Crippen LogP contribution in [0.3, 0.4) is 0 Å². The summed E-state index contributed by atoms with van der Waals surface area (Å²) < 4.78 is 0. The zero-order valence-electron chi connectivity index (χ0n) is 7.01. The highest BCUT2D eigenvalue weighted by atomic mass is 16.6. The van der Waals surface area contributed by atoms with Crippen molar-refractivity contribution >= 4 is 0 Å². The van der Waals surface area contributed by atoms with E-state index in [0.717, 1.165) is 25.7 Å². The zero-order chi connectivity index (χ0) is 8.69. The SMILES string of the molecule is C=C(CCCCCC)[N+](=O)[O-]. The fourth-order valence-electron chi connectivity index (χ4n) is 0.847. The van der Waals surface area contributed by atoms with Gasteiger partial charge in [-0.25, -0.2) is 0 Å². The van der Waals surface area contributed by atoms with Gasteiger partial charge in [0.15, 0.2) is 0 Å². The predicted molar refractivity (Wildman–Crippen MR) is 44.9 cm³/mol. The van der Waals surface area contributed by atoms with Crippen LogP contribution in [0.1, 0.15) is 39.0 Å². The van der Waals surface area contributed by atoms with E-state index in [1.807, 2.05) is 0 Å². The molecule has 0 aliphatic rings. The van der Waals surface area contributed by atoms with Crippen LogP contribution in [0.15, 0.2) is 12.3 Å². The second-order valence-corrected chi connectivity index (χ2v) is 2.63. The molecule has 0 spiro atoms. The maximum absolute atomic E-state index is 10.1. The van der Waals surface area contributed by atoms with E-state index in [1.54, 1.807) is 0 Å². The van der Waals surface area contributed by atoms with Gasteiger partial charge >= 0.3 is 0 Å². The van der Waals surface area contributed by atoms with Gasteiger partial charge in [0.25, 0.3) is 0 Å². The van der Waals surface area contributed by atoms with Gasteiger partial charge in [-0.3, -0.25) is 10.1 Å². The molecular weight excluding hydrogens is 142 g/mol. The van der Waals surface area contributed by atoms with Crippen molar-refractivity contribution in [3.05, 3.63) is 22.4 Å². The molecule has 0 aromatic rings. The highest BCUT2D eigenvalue weighted by molar-refractivity contribution is 4.79. The number of nitrogens with zero attached hydrogens (tertiary/aromatic N) is 1. The lowest BCUT2D eigenvalue weighted by atomic mass is 10.1. The number of allylic oxidation sites excluding steroid dienone is 1. The lowest BCUT2D eigenvalue weighted by Gasteiger charge is -1.95. The Bertz CT molecular complexity index is 143. The molecule has 0 aliphatic heterocycles. The van der Waals surface area contributed by atoms with Gasteiger partial charge in [-0.2, -0.15) is 0 Å². The first kappa shape index (κ1) is 10.1. The normalized spacial score (nSPS) is 9.55. The standard InChI is InChI=1S/C8H15NO2/c1-3-4-5-6-7-8(2)9(10)11/h2-7H2,1H3. The fraction of sp³-hybridized carbons (Fsp3) is 0.750. The molecule has 0 saturated carbocycles. The van der Waals surface area contributed by atoms with Gasteiger partial charge in [0, 0.05) is 6.42 Å². The topological polar surface area (TPSA) is 43.1 Å². The Kier molecular flexibility index (Phi) is 5.43. The molecule has 3 heteroatoms. The first-order valence-corrected chi connectivity index (χ1v) is 4.00. The molecule has 0 amide bonds. The summed E-state index contributed by atoms with van der Waals surface area (Å²) in [5.74, 6) is 0. The third-order valence-corrected chi connectivity index (χ3v) is 1.58. The zero-order valence-corrected chi connectivity index (χ0v) is 7.01. The molecule has 0 heterocycles. The van der Waals surface area contributed by atoms with Crippen molar-refractivity contribution in [2.24, 2.45) is 0 Å². The second-order valence-electron chi connectivity index (χ2n) is 2.63. The van der Waals surface area contributed by atoms with Crippen LogP contribution in [0, 0.1) is 10.1 Å². The third-order valence-electron chi connectivity index (χ3n) is 1.58. The molecule has 3 nitrogen and oxygen atoms in total. The Hall–Kier alpha value is -0.860. The minimum atomic E-state index is -0.397. The third kappa shape index (κ3) is 5.58. The Morgan fingerprint density at radius 1 is 1.45 bits per heavy atom. The van der Waals surface area contributed by atoms with Gasteiger partial charge in [0.1, 0.15) is 0 Å². The maximum atomic E-state index is 10.1. The van der Waals surface area contributed by atoms with Gasteiger partial charge in [-0.1, -0.05) is 26.2 Å². The van der Waals surface area contributed by atoms with Crippen molar-refractivity contribution in [1.29, 1.82) is 0 Å². The van der Waals surface area contributed by atoms with E-state index in [2.05, 4.69) is 13.5 Å². The number of unbranched alkanes of at least 4 members (excludes halogenated alkanes) is 3. The molecule has 0 fully saturated rings. The van der Waals surface area contributed by atoms with Crippen LogP contribution in [0.25, 0.3) is 0 Å². The average molecular weight is 157 g/mol. The molecule has 0 radical (unpaired) electrons. The summed E-state index contributed by atoms with van der Waals surface area (Å²) >= 11 is 0. The molecule has 0 atom stereocenters. The molecule has 0 aliphatic carbocycles. The lowest BCUT2D eigenvalue weighted by molar-refractivity contribution is -0.427. The molecule has 11 heavy (non-hydrogen) atoms. The fourth-order valence-corrected chi connectivity index (χ4v) is 0.847. The lowest BCUT2D eigenvalue weighted by Crippen LogP contribution is -1.96. The first-order chi connectivity index (χ1) is 5.18. The van der Waals surface area contributed by atoms with E-state index in [9.17, 15) is 10.1 Å². The highest BCUT2D eigenvalue weighted by Gasteiger charge is 2.04. The van der Waals surface area contributed by atoms with Crippen molar-refractivity contribution in [3.8, 4) is 0 Å². The van der Waals surface area contributed by atoms with E-state index in [0.29, 0.717) is 6.42 Å². The minimum Gasteiger partial charge on any atom is -0.259 e. The monoisotopic (exact) mass is 157 g/mol. The smallest absolute Gasteiger partial charge is 0.239 e. The summed E-state index contributed by atoms with van der Waals surface area (Å²) in [7, 11) is 0. The summed E-state index contributed by atoms with van der Waals surface area (Å²) in [6.45, 7) is 5.47. The van der Waals surface area contributed by atoms with Gasteiger partial charge < -0.3 is 0 Å². The van der Waals surface area contributed by atoms with E-state index >= 15 is 0 Å². The van der Waals surface area contributed by atoms with Crippen LogP contribution in [0.4, 0.5) is 0 Å². The molecule has 0 aromatic carbocycles. The van der Waals surface area contributed by atoms with Crippen molar-refractivity contribution < 1.29 is 4.92 Å². The molecule has 0 bridgehead atoms. The van der Waals surface area contributed by atoms with E-state index in [4.69, 9.17) is 0 Å². The van der Waals surface area contributed by atoms with Crippen LogP contribution < -0.4 is 0 Å². The summed E-state index contributed by atoms with van der Waals surface area (Å²) in [5, 5.41) is 10.1. The minimum absolute atomic E-state index is 0.140. The van der Waals surface area contributed by atoms with Crippen LogP contribution in [-0.4, -0.2) is 4.92 Å². The van der Waals surface area contributed by atoms with Gasteiger partial charge in [0.05, 0.1) is 4.92 Å². The number of hydrogen-bond acceptors (Lipinski definition) is 2. The Morgan fingerprint density at radius 3 is 2.55 bits per heavy atom. The molecule has 64 valence electrons.